The predicted octanol–water partition coefficient (Wildman–Crippen LogP) is 10.6. The van der Waals surface area contributed by atoms with Crippen LogP contribution in [-0.4, -0.2) is 0 Å². The smallest absolute Gasteiger partial charge is 0.0124 e. The number of allylic oxidation sites excluding steroid dienone is 8. The SMILES string of the molecule is C=C1C=C/C(=C/C=C(\C)Cc2ccc(C3CCCCC3)cc2)C(=C)C1Cc1c(C)cccc1C.CC.[HH]. The molecule has 1 atom stereocenters. The van der Waals surface area contributed by atoms with Gasteiger partial charge in [0.05, 0.1) is 0 Å². The Morgan fingerprint density at radius 1 is 0.917 bits per heavy atom. The van der Waals surface area contributed by atoms with E-state index in [-0.39, 0.29) is 7.34 Å². The first-order chi connectivity index (χ1) is 17.4. The second-order valence-electron chi connectivity index (χ2n) is 10.4. The minimum Gasteiger partial charge on any atom is -0.0952 e. The Morgan fingerprint density at radius 2 is 1.56 bits per heavy atom. The topological polar surface area (TPSA) is 0 Å². The van der Waals surface area contributed by atoms with Crippen LogP contribution in [0.25, 0.3) is 0 Å². The fourth-order valence-electron chi connectivity index (χ4n) is 5.59. The van der Waals surface area contributed by atoms with Gasteiger partial charge < -0.3 is 0 Å². The van der Waals surface area contributed by atoms with E-state index in [9.17, 15) is 0 Å². The van der Waals surface area contributed by atoms with Crippen LogP contribution >= 0.6 is 0 Å². The Bertz CT molecular complexity index is 1110. The molecule has 2 aliphatic carbocycles. The molecule has 0 aliphatic heterocycles. The molecule has 0 aromatic heterocycles. The lowest BCUT2D eigenvalue weighted by Gasteiger charge is -2.26. The Hall–Kier alpha value is -2.86. The lowest BCUT2D eigenvalue weighted by molar-refractivity contribution is 0.443. The van der Waals surface area contributed by atoms with Crippen molar-refractivity contribution in [1.82, 2.24) is 0 Å². The Labute approximate surface area is 222 Å². The second-order valence-corrected chi connectivity index (χ2v) is 10.4. The number of aryl methyl sites for hydroxylation is 2. The second kappa shape index (κ2) is 13.4. The molecule has 0 radical (unpaired) electrons. The van der Waals surface area contributed by atoms with Gasteiger partial charge in [0.1, 0.15) is 0 Å². The van der Waals surface area contributed by atoms with Crippen molar-refractivity contribution in [3.8, 4) is 0 Å². The molecule has 0 amide bonds. The molecule has 192 valence electrons. The molecular formula is C36H48. The molecule has 0 N–H and O–H groups in total. The van der Waals surface area contributed by atoms with E-state index < -0.39 is 0 Å². The van der Waals surface area contributed by atoms with Gasteiger partial charge in [0, 0.05) is 7.34 Å². The third-order valence-corrected chi connectivity index (χ3v) is 7.86. The largest absolute Gasteiger partial charge is 0.0952 e. The van der Waals surface area contributed by atoms with Crippen molar-refractivity contribution in [2.24, 2.45) is 5.92 Å². The first kappa shape index (κ1) is 27.7. The molecule has 0 saturated heterocycles. The van der Waals surface area contributed by atoms with Crippen molar-refractivity contribution < 1.29 is 1.43 Å². The zero-order valence-electron chi connectivity index (χ0n) is 23.4. The first-order valence-electron chi connectivity index (χ1n) is 14.0. The summed E-state index contributed by atoms with van der Waals surface area (Å²) in [6.45, 7) is 19.5. The molecule has 36 heavy (non-hydrogen) atoms. The van der Waals surface area contributed by atoms with Crippen molar-refractivity contribution in [2.75, 3.05) is 0 Å². The Kier molecular flexibility index (Phi) is 10.4. The van der Waals surface area contributed by atoms with Crippen LogP contribution in [0.15, 0.2) is 102 Å². The van der Waals surface area contributed by atoms with Gasteiger partial charge in [-0.05, 0) is 96.9 Å². The van der Waals surface area contributed by atoms with Gasteiger partial charge in [0.25, 0.3) is 0 Å². The van der Waals surface area contributed by atoms with Gasteiger partial charge in [0.15, 0.2) is 0 Å². The van der Waals surface area contributed by atoms with Crippen LogP contribution in [0.3, 0.4) is 0 Å². The number of benzene rings is 2. The standard InChI is InChI=1S/C34H40.C2H6.H2/c1-24(22-29-16-20-32(21-17-29)31-12-7-6-8-13-31)14-18-30-19-15-27(4)34(28(30)5)23-33-25(2)10-9-11-26(33)3;1-2;/h9-11,14-21,31,34H,4-8,12-13,22-23H2,1-3H3;1-2H3;1H/b24-14+,30-18-;;. The fourth-order valence-corrected chi connectivity index (χ4v) is 5.59. The first-order valence-corrected chi connectivity index (χ1v) is 14.0. The molecule has 1 saturated carbocycles. The number of hydrogen-bond donors (Lipinski definition) is 0. The fraction of sp³-hybridized carbons (Fsp3) is 0.389. The normalized spacial score (nSPS) is 19.9. The van der Waals surface area contributed by atoms with Gasteiger partial charge in [-0.3, -0.25) is 0 Å². The minimum absolute atomic E-state index is 0. The summed E-state index contributed by atoms with van der Waals surface area (Å²) in [6.07, 6.45) is 17.7. The lowest BCUT2D eigenvalue weighted by atomic mass is 9.78. The molecule has 4 rings (SSSR count). The summed E-state index contributed by atoms with van der Waals surface area (Å²) >= 11 is 0. The molecule has 2 aromatic rings. The maximum absolute atomic E-state index is 4.49. The lowest BCUT2D eigenvalue weighted by Crippen LogP contribution is -2.15. The zero-order valence-corrected chi connectivity index (χ0v) is 23.4. The maximum atomic E-state index is 4.49. The van der Waals surface area contributed by atoms with E-state index >= 15 is 0 Å². The molecule has 1 fully saturated rings. The summed E-state index contributed by atoms with van der Waals surface area (Å²) in [5.74, 6) is 1.04. The molecule has 0 bridgehead atoms. The van der Waals surface area contributed by atoms with Crippen molar-refractivity contribution >= 4 is 0 Å². The van der Waals surface area contributed by atoms with E-state index in [1.165, 1.54) is 76.6 Å². The highest BCUT2D eigenvalue weighted by Crippen LogP contribution is 2.35. The average molecular weight is 481 g/mol. The minimum atomic E-state index is 0. The van der Waals surface area contributed by atoms with Gasteiger partial charge in [-0.1, -0.05) is 119 Å². The Morgan fingerprint density at radius 3 is 2.19 bits per heavy atom. The van der Waals surface area contributed by atoms with Crippen molar-refractivity contribution in [3.05, 3.63) is 130 Å². The van der Waals surface area contributed by atoms with Gasteiger partial charge in [-0.15, -0.1) is 0 Å². The maximum Gasteiger partial charge on any atom is 0.0124 e. The van der Waals surface area contributed by atoms with E-state index in [1.807, 2.05) is 13.8 Å². The highest BCUT2D eigenvalue weighted by atomic mass is 14.3. The van der Waals surface area contributed by atoms with E-state index in [2.05, 4.69) is 101 Å². The van der Waals surface area contributed by atoms with Gasteiger partial charge in [-0.25, -0.2) is 0 Å². The van der Waals surface area contributed by atoms with Crippen molar-refractivity contribution in [2.45, 2.75) is 85.5 Å². The molecule has 1 unspecified atom stereocenters. The van der Waals surface area contributed by atoms with Crippen LogP contribution in [0.5, 0.6) is 0 Å². The van der Waals surface area contributed by atoms with Crippen LogP contribution in [0, 0.1) is 19.8 Å². The predicted molar refractivity (Wildman–Crippen MR) is 162 cm³/mol. The third kappa shape index (κ3) is 7.10. The highest BCUT2D eigenvalue weighted by molar-refractivity contribution is 5.53. The monoisotopic (exact) mass is 480 g/mol. The summed E-state index contributed by atoms with van der Waals surface area (Å²) in [5.41, 5.74) is 12.0. The molecule has 0 spiro atoms. The van der Waals surface area contributed by atoms with Gasteiger partial charge >= 0.3 is 0 Å². The summed E-state index contributed by atoms with van der Waals surface area (Å²) in [5, 5.41) is 0. The van der Waals surface area contributed by atoms with Crippen LogP contribution in [0.4, 0.5) is 0 Å². The van der Waals surface area contributed by atoms with Crippen molar-refractivity contribution in [3.63, 3.8) is 0 Å². The van der Waals surface area contributed by atoms with Crippen LogP contribution in [-0.2, 0) is 12.8 Å². The number of rotatable bonds is 6. The summed E-state index contributed by atoms with van der Waals surface area (Å²) in [4.78, 5) is 0. The van der Waals surface area contributed by atoms with Crippen LogP contribution in [0.2, 0.25) is 0 Å². The third-order valence-electron chi connectivity index (χ3n) is 7.86. The van der Waals surface area contributed by atoms with Crippen LogP contribution in [0.1, 0.15) is 88.0 Å². The van der Waals surface area contributed by atoms with E-state index in [4.69, 9.17) is 0 Å². The molecular weight excluding hydrogens is 432 g/mol. The summed E-state index contributed by atoms with van der Waals surface area (Å²) in [7, 11) is 0. The number of hydrogen-bond acceptors (Lipinski definition) is 0. The van der Waals surface area contributed by atoms with Gasteiger partial charge in [-0.2, -0.15) is 0 Å². The Balaban J connectivity index is 0.00000157. The van der Waals surface area contributed by atoms with E-state index in [0.29, 0.717) is 0 Å². The molecule has 0 heteroatoms. The van der Waals surface area contributed by atoms with Gasteiger partial charge in [0.2, 0.25) is 0 Å². The average Bonchev–Trinajstić information content (AvgIpc) is 2.90. The van der Waals surface area contributed by atoms with Crippen LogP contribution < -0.4 is 0 Å². The molecule has 2 aliphatic rings. The highest BCUT2D eigenvalue weighted by Gasteiger charge is 2.22. The molecule has 2 aromatic carbocycles. The molecule has 0 heterocycles. The zero-order chi connectivity index (χ0) is 26.1. The summed E-state index contributed by atoms with van der Waals surface area (Å²) in [6, 6.07) is 15.9. The van der Waals surface area contributed by atoms with Crippen molar-refractivity contribution in [1.29, 1.82) is 0 Å². The van der Waals surface area contributed by atoms with E-state index in [0.717, 1.165) is 24.3 Å². The summed E-state index contributed by atoms with van der Waals surface area (Å²) < 4.78 is 0. The molecule has 0 nitrogen and oxygen atoms in total. The quantitative estimate of drug-likeness (QED) is 0.385. The van der Waals surface area contributed by atoms with E-state index in [1.54, 1.807) is 0 Å².